The van der Waals surface area contributed by atoms with Crippen LogP contribution in [-0.2, 0) is 19.5 Å². The third-order valence-electron chi connectivity index (χ3n) is 12.8. The third-order valence-corrected chi connectivity index (χ3v) is 12.8. The molecular formula is C45H49F5N10O3. The predicted molar refractivity (Wildman–Crippen MR) is 226 cm³/mol. The quantitative estimate of drug-likeness (QED) is 0.174. The zero-order valence-electron chi connectivity index (χ0n) is 35.6. The highest BCUT2D eigenvalue weighted by molar-refractivity contribution is 5.93. The summed E-state index contributed by atoms with van der Waals surface area (Å²) in [5.74, 6) is -1.51. The van der Waals surface area contributed by atoms with Crippen LogP contribution in [0.2, 0.25) is 0 Å². The first kappa shape index (κ1) is 42.5. The second-order valence-corrected chi connectivity index (χ2v) is 18.4. The molecule has 0 bridgehead atoms. The Bertz CT molecular complexity index is 2780. The highest BCUT2D eigenvalue weighted by Gasteiger charge is 2.54. The van der Waals surface area contributed by atoms with Crippen LogP contribution in [-0.4, -0.2) is 105 Å². The summed E-state index contributed by atoms with van der Waals surface area (Å²) in [5.41, 5.74) is 1.38. The van der Waals surface area contributed by atoms with Crippen LogP contribution in [0.15, 0.2) is 59.7 Å². The fourth-order valence-electron chi connectivity index (χ4n) is 9.57. The number of nitrogens with zero attached hydrogens (tertiary/aromatic N) is 10. The van der Waals surface area contributed by atoms with Crippen LogP contribution in [0.5, 0.6) is 0 Å². The van der Waals surface area contributed by atoms with Gasteiger partial charge in [-0.25, -0.2) is 28.5 Å². The summed E-state index contributed by atoms with van der Waals surface area (Å²) in [7, 11) is 0. The van der Waals surface area contributed by atoms with Crippen molar-refractivity contribution in [1.29, 1.82) is 0 Å². The van der Waals surface area contributed by atoms with Gasteiger partial charge < -0.3 is 24.4 Å². The number of likely N-dealkylation sites (tertiary alicyclic amines) is 1. The normalized spacial score (nSPS) is 17.8. The summed E-state index contributed by atoms with van der Waals surface area (Å²) in [6.07, 6.45) is -0.855. The fourth-order valence-corrected chi connectivity index (χ4v) is 9.57. The number of imidazole rings is 1. The first-order valence-corrected chi connectivity index (χ1v) is 21.3. The highest BCUT2D eigenvalue weighted by Crippen LogP contribution is 2.40. The minimum absolute atomic E-state index is 0.0897. The van der Waals surface area contributed by atoms with Crippen LogP contribution in [0.1, 0.15) is 85.5 Å². The van der Waals surface area contributed by atoms with E-state index in [1.807, 2.05) is 16.7 Å². The molecule has 0 atom stereocenters. The number of amides is 1. The molecule has 1 N–H and O–H groups in total. The van der Waals surface area contributed by atoms with E-state index in [1.54, 1.807) is 39.6 Å². The second-order valence-electron chi connectivity index (χ2n) is 18.4. The molecule has 1 amide bonds. The van der Waals surface area contributed by atoms with Gasteiger partial charge in [0.05, 0.1) is 30.7 Å². The lowest BCUT2D eigenvalue weighted by atomic mass is 9.91. The Hall–Kier alpha value is -5.75. The molecule has 63 heavy (non-hydrogen) atoms. The molecule has 18 heteroatoms. The SMILES string of the molecule is Cc1nc(N2CCC(O)(C(F)(F)F)CC2)nc2c1n(-c1ccc(C(=O)N3CCc4c(n(Cc5ccc(F)cc5F)c5ncccc45)C3)nc1)c(=O)n2C1CCN(CC(C)(C)C)CC1. The van der Waals surface area contributed by atoms with Gasteiger partial charge in [0, 0.05) is 87.1 Å². The standard InChI is InChI=1S/C45H49F5N10O3/c1-27-37-39(54-41(53-27)56-20-14-44(63,15-21-56)45(48,49)50)60(30-11-17-55(18-12-30)26-43(2,3)4)42(62)59(37)31-9-10-35(52-23-31)40(61)57-19-13-32-33-6-5-16-51-38(33)58(36(32)25-57)24-28-7-8-29(46)22-34(28)47/h5-10,16,22-23,30,63H,11-15,17-21,24-26H2,1-4H3. The first-order chi connectivity index (χ1) is 29.9. The van der Waals surface area contributed by atoms with Gasteiger partial charge in [-0.15, -0.1) is 0 Å². The van der Waals surface area contributed by atoms with Gasteiger partial charge in [-0.2, -0.15) is 18.2 Å². The number of aryl methyl sites for hydroxylation is 1. The molecular weight excluding hydrogens is 824 g/mol. The summed E-state index contributed by atoms with van der Waals surface area (Å²) in [4.78, 5) is 53.2. The number of benzene rings is 1. The van der Waals surface area contributed by atoms with Crippen molar-refractivity contribution in [2.75, 3.05) is 44.2 Å². The van der Waals surface area contributed by atoms with Crippen LogP contribution >= 0.6 is 0 Å². The molecule has 2 saturated heterocycles. The first-order valence-electron chi connectivity index (χ1n) is 21.3. The average molecular weight is 873 g/mol. The van der Waals surface area contributed by atoms with Crippen molar-refractivity contribution in [2.45, 2.75) is 90.7 Å². The highest BCUT2D eigenvalue weighted by atomic mass is 19.4. The number of carbonyl (C=O) groups is 1. The monoisotopic (exact) mass is 872 g/mol. The Morgan fingerprint density at radius 1 is 0.937 bits per heavy atom. The topological polar surface area (TPSA) is 130 Å². The van der Waals surface area contributed by atoms with Crippen molar-refractivity contribution >= 4 is 34.1 Å². The van der Waals surface area contributed by atoms with Crippen LogP contribution in [0.4, 0.5) is 27.9 Å². The molecule has 2 fully saturated rings. The van der Waals surface area contributed by atoms with Crippen molar-refractivity contribution in [2.24, 2.45) is 5.41 Å². The minimum atomic E-state index is -4.77. The van der Waals surface area contributed by atoms with Crippen molar-refractivity contribution in [3.05, 3.63) is 105 Å². The third kappa shape index (κ3) is 7.85. The molecule has 0 unspecified atom stereocenters. The molecule has 9 rings (SSSR count). The molecule has 13 nitrogen and oxygen atoms in total. The van der Waals surface area contributed by atoms with E-state index >= 15 is 0 Å². The number of alkyl halides is 3. The fraction of sp³-hybridized carbons (Fsp3) is 0.467. The number of pyridine rings is 2. The second kappa shape index (κ2) is 15.8. The lowest BCUT2D eigenvalue weighted by Crippen LogP contribution is -2.53. The number of fused-ring (bicyclic) bond motifs is 4. The number of hydrogen-bond donors (Lipinski definition) is 1. The number of piperidine rings is 2. The smallest absolute Gasteiger partial charge is 0.380 e. The number of aliphatic hydroxyl groups is 1. The predicted octanol–water partition coefficient (Wildman–Crippen LogP) is 6.74. The van der Waals surface area contributed by atoms with E-state index in [-0.39, 0.29) is 66.4 Å². The van der Waals surface area contributed by atoms with Gasteiger partial charge in [0.2, 0.25) is 5.95 Å². The summed E-state index contributed by atoms with van der Waals surface area (Å²) < 4.78 is 74.7. The number of hydrogen-bond acceptors (Lipinski definition) is 9. The van der Waals surface area contributed by atoms with E-state index in [1.165, 1.54) is 22.9 Å². The Morgan fingerprint density at radius 2 is 1.68 bits per heavy atom. The summed E-state index contributed by atoms with van der Waals surface area (Å²) in [6.45, 7) is 11.1. The number of anilines is 1. The number of halogens is 5. The maximum Gasteiger partial charge on any atom is 0.417 e. The van der Waals surface area contributed by atoms with Gasteiger partial charge in [-0.1, -0.05) is 26.8 Å². The molecule has 5 aromatic heterocycles. The number of rotatable bonds is 7. The van der Waals surface area contributed by atoms with Gasteiger partial charge in [0.1, 0.15) is 28.5 Å². The van der Waals surface area contributed by atoms with E-state index in [0.29, 0.717) is 54.0 Å². The Labute approximate surface area is 359 Å². The van der Waals surface area contributed by atoms with Crippen molar-refractivity contribution in [3.63, 3.8) is 0 Å². The molecule has 1 aromatic carbocycles. The summed E-state index contributed by atoms with van der Waals surface area (Å²) in [6, 6.07) is 10.2. The van der Waals surface area contributed by atoms with E-state index in [9.17, 15) is 36.6 Å². The van der Waals surface area contributed by atoms with Gasteiger partial charge in [0.15, 0.2) is 11.2 Å². The average Bonchev–Trinajstić information content (AvgIpc) is 3.72. The molecule has 3 aliphatic rings. The van der Waals surface area contributed by atoms with E-state index in [4.69, 9.17) is 9.97 Å². The minimum Gasteiger partial charge on any atom is -0.380 e. The summed E-state index contributed by atoms with van der Waals surface area (Å²) >= 11 is 0. The molecule has 0 radical (unpaired) electrons. The molecule has 6 aromatic rings. The summed E-state index contributed by atoms with van der Waals surface area (Å²) in [5, 5.41) is 11.2. The largest absolute Gasteiger partial charge is 0.417 e. The van der Waals surface area contributed by atoms with Crippen LogP contribution in [0.3, 0.4) is 0 Å². The maximum atomic E-state index is 14.9. The lowest BCUT2D eigenvalue weighted by molar-refractivity contribution is -0.266. The molecule has 332 valence electrons. The molecule has 0 spiro atoms. The van der Waals surface area contributed by atoms with Gasteiger partial charge in [-0.3, -0.25) is 13.9 Å². The molecule has 8 heterocycles. The molecule has 0 aliphatic carbocycles. The van der Waals surface area contributed by atoms with E-state index in [2.05, 4.69) is 35.6 Å². The number of aromatic nitrogens is 7. The lowest BCUT2D eigenvalue weighted by Gasteiger charge is -2.39. The van der Waals surface area contributed by atoms with Crippen LogP contribution in [0, 0.1) is 24.0 Å². The molecule has 3 aliphatic heterocycles. The Morgan fingerprint density at radius 3 is 2.35 bits per heavy atom. The van der Waals surface area contributed by atoms with Crippen LogP contribution in [0.25, 0.3) is 27.9 Å². The van der Waals surface area contributed by atoms with Crippen molar-refractivity contribution in [1.82, 2.24) is 43.4 Å². The molecule has 0 saturated carbocycles. The zero-order valence-corrected chi connectivity index (χ0v) is 35.6. The Balaban J connectivity index is 1.03. The van der Waals surface area contributed by atoms with E-state index in [0.717, 1.165) is 42.3 Å². The van der Waals surface area contributed by atoms with Gasteiger partial charge in [0.25, 0.3) is 5.91 Å². The number of carbonyl (C=O) groups excluding carboxylic acids is 1. The Kier molecular flexibility index (Phi) is 10.7. The maximum absolute atomic E-state index is 14.9. The van der Waals surface area contributed by atoms with Crippen LogP contribution < -0.4 is 10.6 Å². The van der Waals surface area contributed by atoms with E-state index < -0.39 is 36.3 Å². The van der Waals surface area contributed by atoms with Gasteiger partial charge >= 0.3 is 11.9 Å². The van der Waals surface area contributed by atoms with Gasteiger partial charge in [-0.05, 0) is 67.5 Å². The van der Waals surface area contributed by atoms with Crippen molar-refractivity contribution in [3.8, 4) is 5.69 Å². The van der Waals surface area contributed by atoms with Crippen molar-refractivity contribution < 1.29 is 31.9 Å². The zero-order chi connectivity index (χ0) is 44.6.